The van der Waals surface area contributed by atoms with E-state index in [4.69, 9.17) is 5.73 Å². The molecule has 0 saturated heterocycles. The zero-order valence-electron chi connectivity index (χ0n) is 10.6. The largest absolute Gasteiger partial charge is 0.356 e. The topological polar surface area (TPSA) is 55.1 Å². The molecule has 0 spiro atoms. The Balaban J connectivity index is 3.27. The summed E-state index contributed by atoms with van der Waals surface area (Å²) in [6.07, 6.45) is 7.79. The van der Waals surface area contributed by atoms with Gasteiger partial charge in [0.15, 0.2) is 0 Å². The van der Waals surface area contributed by atoms with Crippen LogP contribution in [0.4, 0.5) is 0 Å². The molecule has 0 fully saturated rings. The molecule has 0 aromatic carbocycles. The van der Waals surface area contributed by atoms with Crippen LogP contribution < -0.4 is 11.1 Å². The standard InChI is InChI=1S/C12H26N2OS/c1-11(7-8-13)12(15)14-9-5-3-4-6-10-16-2/h11H,3-10,13H2,1-2H3,(H,14,15). The van der Waals surface area contributed by atoms with Crippen LogP contribution in [0.1, 0.15) is 39.0 Å². The van der Waals surface area contributed by atoms with Crippen molar-refractivity contribution < 1.29 is 4.79 Å². The lowest BCUT2D eigenvalue weighted by Gasteiger charge is -2.10. The van der Waals surface area contributed by atoms with Crippen LogP contribution in [0.3, 0.4) is 0 Å². The first-order valence-corrected chi connectivity index (χ1v) is 7.58. The summed E-state index contributed by atoms with van der Waals surface area (Å²) >= 11 is 1.90. The fraction of sp³-hybridized carbons (Fsp3) is 0.917. The molecule has 4 heteroatoms. The van der Waals surface area contributed by atoms with Gasteiger partial charge >= 0.3 is 0 Å². The van der Waals surface area contributed by atoms with E-state index in [1.807, 2.05) is 18.7 Å². The first-order chi connectivity index (χ1) is 7.72. The summed E-state index contributed by atoms with van der Waals surface area (Å²) in [6, 6.07) is 0. The monoisotopic (exact) mass is 246 g/mol. The van der Waals surface area contributed by atoms with E-state index in [-0.39, 0.29) is 11.8 Å². The normalized spacial score (nSPS) is 12.4. The SMILES string of the molecule is CSCCCCCCNC(=O)C(C)CCN. The van der Waals surface area contributed by atoms with Crippen molar-refractivity contribution in [3.8, 4) is 0 Å². The van der Waals surface area contributed by atoms with Crippen LogP contribution in [0.15, 0.2) is 0 Å². The molecule has 0 bridgehead atoms. The summed E-state index contributed by atoms with van der Waals surface area (Å²) in [7, 11) is 0. The lowest BCUT2D eigenvalue weighted by molar-refractivity contribution is -0.124. The highest BCUT2D eigenvalue weighted by Gasteiger charge is 2.10. The van der Waals surface area contributed by atoms with E-state index < -0.39 is 0 Å². The highest BCUT2D eigenvalue weighted by Crippen LogP contribution is 2.04. The number of amides is 1. The van der Waals surface area contributed by atoms with Gasteiger partial charge in [-0.25, -0.2) is 0 Å². The third-order valence-corrected chi connectivity index (χ3v) is 3.32. The van der Waals surface area contributed by atoms with Crippen molar-refractivity contribution in [2.45, 2.75) is 39.0 Å². The molecular weight excluding hydrogens is 220 g/mol. The van der Waals surface area contributed by atoms with Gasteiger partial charge in [0.2, 0.25) is 5.91 Å². The molecule has 1 atom stereocenters. The molecule has 0 radical (unpaired) electrons. The molecule has 3 N–H and O–H groups in total. The Labute approximate surface area is 104 Å². The average molecular weight is 246 g/mol. The predicted octanol–water partition coefficient (Wildman–Crippen LogP) is 2.01. The van der Waals surface area contributed by atoms with Crippen molar-refractivity contribution in [2.75, 3.05) is 25.1 Å². The molecule has 0 aliphatic heterocycles. The number of hydrogen-bond acceptors (Lipinski definition) is 3. The van der Waals surface area contributed by atoms with Gasteiger partial charge < -0.3 is 11.1 Å². The van der Waals surface area contributed by atoms with E-state index in [1.165, 1.54) is 25.0 Å². The predicted molar refractivity (Wildman–Crippen MR) is 72.7 cm³/mol. The molecule has 1 unspecified atom stereocenters. The van der Waals surface area contributed by atoms with Crippen LogP contribution in [-0.4, -0.2) is 31.0 Å². The summed E-state index contributed by atoms with van der Waals surface area (Å²) in [5, 5.41) is 2.96. The van der Waals surface area contributed by atoms with Crippen LogP contribution in [0.2, 0.25) is 0 Å². The number of unbranched alkanes of at least 4 members (excludes halogenated alkanes) is 3. The number of hydrogen-bond donors (Lipinski definition) is 2. The molecule has 0 aromatic heterocycles. The molecule has 3 nitrogen and oxygen atoms in total. The highest BCUT2D eigenvalue weighted by atomic mass is 32.2. The average Bonchev–Trinajstić information content (AvgIpc) is 2.28. The number of thioether (sulfide) groups is 1. The number of carbonyl (C=O) groups excluding carboxylic acids is 1. The van der Waals surface area contributed by atoms with E-state index in [0.717, 1.165) is 19.4 Å². The van der Waals surface area contributed by atoms with Crippen molar-refractivity contribution >= 4 is 17.7 Å². The van der Waals surface area contributed by atoms with Crippen LogP contribution in [0, 0.1) is 5.92 Å². The maximum Gasteiger partial charge on any atom is 0.222 e. The second-order valence-electron chi connectivity index (χ2n) is 4.18. The zero-order chi connectivity index (χ0) is 12.2. The second-order valence-corrected chi connectivity index (χ2v) is 5.16. The van der Waals surface area contributed by atoms with E-state index in [2.05, 4.69) is 11.6 Å². The summed E-state index contributed by atoms with van der Waals surface area (Å²) in [5.41, 5.74) is 5.41. The quantitative estimate of drug-likeness (QED) is 0.580. The molecular formula is C12H26N2OS. The van der Waals surface area contributed by atoms with Gasteiger partial charge in [0.25, 0.3) is 0 Å². The van der Waals surface area contributed by atoms with E-state index in [9.17, 15) is 4.79 Å². The van der Waals surface area contributed by atoms with Crippen molar-refractivity contribution in [3.05, 3.63) is 0 Å². The molecule has 0 aliphatic carbocycles. The second kappa shape index (κ2) is 11.3. The Morgan fingerprint density at radius 3 is 2.62 bits per heavy atom. The Morgan fingerprint density at radius 2 is 2.00 bits per heavy atom. The Hall–Kier alpha value is -0.220. The van der Waals surface area contributed by atoms with Gasteiger partial charge in [-0.15, -0.1) is 0 Å². The number of nitrogens with one attached hydrogen (secondary N) is 1. The number of carbonyl (C=O) groups is 1. The third kappa shape index (κ3) is 9.04. The lowest BCUT2D eigenvalue weighted by Crippen LogP contribution is -2.31. The fourth-order valence-corrected chi connectivity index (χ4v) is 1.98. The minimum absolute atomic E-state index is 0.0569. The van der Waals surface area contributed by atoms with Gasteiger partial charge in [-0.2, -0.15) is 11.8 Å². The molecule has 96 valence electrons. The van der Waals surface area contributed by atoms with Gasteiger partial charge in [0.1, 0.15) is 0 Å². The molecule has 1 amide bonds. The van der Waals surface area contributed by atoms with Crippen molar-refractivity contribution in [3.63, 3.8) is 0 Å². The lowest BCUT2D eigenvalue weighted by atomic mass is 10.1. The molecule has 0 rings (SSSR count). The van der Waals surface area contributed by atoms with E-state index in [0.29, 0.717) is 6.54 Å². The van der Waals surface area contributed by atoms with Gasteiger partial charge in [-0.3, -0.25) is 4.79 Å². The summed E-state index contributed by atoms with van der Waals surface area (Å²) < 4.78 is 0. The summed E-state index contributed by atoms with van der Waals surface area (Å²) in [4.78, 5) is 11.5. The Bertz CT molecular complexity index is 176. The maximum absolute atomic E-state index is 11.5. The van der Waals surface area contributed by atoms with Crippen LogP contribution in [0.5, 0.6) is 0 Å². The molecule has 0 heterocycles. The first-order valence-electron chi connectivity index (χ1n) is 6.19. The van der Waals surface area contributed by atoms with Crippen LogP contribution in [0.25, 0.3) is 0 Å². The zero-order valence-corrected chi connectivity index (χ0v) is 11.4. The minimum atomic E-state index is 0.0569. The van der Waals surface area contributed by atoms with Crippen molar-refractivity contribution in [1.29, 1.82) is 0 Å². The first kappa shape index (κ1) is 15.8. The molecule has 0 saturated carbocycles. The third-order valence-electron chi connectivity index (χ3n) is 2.62. The molecule has 0 aromatic rings. The summed E-state index contributed by atoms with van der Waals surface area (Å²) in [5.74, 6) is 1.45. The van der Waals surface area contributed by atoms with Crippen LogP contribution >= 0.6 is 11.8 Å². The number of rotatable bonds is 10. The van der Waals surface area contributed by atoms with Crippen molar-refractivity contribution in [2.24, 2.45) is 11.7 Å². The Morgan fingerprint density at radius 1 is 1.31 bits per heavy atom. The van der Waals surface area contributed by atoms with E-state index in [1.54, 1.807) is 0 Å². The molecule has 0 aliphatic rings. The van der Waals surface area contributed by atoms with Crippen molar-refractivity contribution in [1.82, 2.24) is 5.32 Å². The highest BCUT2D eigenvalue weighted by molar-refractivity contribution is 7.98. The Kier molecular flexibility index (Phi) is 11.1. The van der Waals surface area contributed by atoms with Gasteiger partial charge in [0.05, 0.1) is 0 Å². The minimum Gasteiger partial charge on any atom is -0.356 e. The molecule has 16 heavy (non-hydrogen) atoms. The van der Waals surface area contributed by atoms with Crippen LogP contribution in [-0.2, 0) is 4.79 Å². The fourth-order valence-electron chi connectivity index (χ4n) is 1.49. The smallest absolute Gasteiger partial charge is 0.222 e. The maximum atomic E-state index is 11.5. The summed E-state index contributed by atoms with van der Waals surface area (Å²) in [6.45, 7) is 3.33. The van der Waals surface area contributed by atoms with Gasteiger partial charge in [0, 0.05) is 12.5 Å². The van der Waals surface area contributed by atoms with Gasteiger partial charge in [-0.05, 0) is 37.8 Å². The number of nitrogens with two attached hydrogens (primary N) is 1. The van der Waals surface area contributed by atoms with E-state index >= 15 is 0 Å². The van der Waals surface area contributed by atoms with Gasteiger partial charge in [-0.1, -0.05) is 19.8 Å².